The summed E-state index contributed by atoms with van der Waals surface area (Å²) in [6.07, 6.45) is 1.50. The van der Waals surface area contributed by atoms with Crippen LogP contribution in [0.25, 0.3) is 11.3 Å². The van der Waals surface area contributed by atoms with E-state index in [1.807, 2.05) is 24.3 Å². The van der Waals surface area contributed by atoms with Gasteiger partial charge in [-0.25, -0.2) is 0 Å². The molecule has 2 N–H and O–H groups in total. The molecule has 70 valence electrons. The van der Waals surface area contributed by atoms with Crippen LogP contribution in [0.15, 0.2) is 36.5 Å². The Balaban J connectivity index is 2.44. The van der Waals surface area contributed by atoms with Crippen LogP contribution in [0, 0.1) is 0 Å². The second-order valence-electron chi connectivity index (χ2n) is 2.88. The van der Waals surface area contributed by atoms with Crippen LogP contribution in [0.3, 0.4) is 0 Å². The minimum Gasteiger partial charge on any atom is -0.399 e. The highest BCUT2D eigenvalue weighted by atomic mass is 35.5. The molecule has 0 spiro atoms. The Bertz CT molecular complexity index is 439. The number of nitrogens with two attached hydrogens (primary N) is 1. The number of benzene rings is 1. The Kier molecular flexibility index (Phi) is 2.33. The van der Waals surface area contributed by atoms with E-state index in [1.54, 1.807) is 6.07 Å². The summed E-state index contributed by atoms with van der Waals surface area (Å²) in [7, 11) is 0. The van der Waals surface area contributed by atoms with Crippen molar-refractivity contribution in [3.8, 4) is 11.3 Å². The maximum atomic E-state index is 5.80. The fourth-order valence-electron chi connectivity index (χ4n) is 1.14. The molecular formula is C10H8ClN3. The highest BCUT2D eigenvalue weighted by Gasteiger charge is 1.99. The molecule has 4 heteroatoms. The lowest BCUT2D eigenvalue weighted by atomic mass is 10.1. The van der Waals surface area contributed by atoms with Gasteiger partial charge < -0.3 is 5.73 Å². The maximum absolute atomic E-state index is 5.80. The molecule has 0 aliphatic rings. The van der Waals surface area contributed by atoms with Crippen molar-refractivity contribution in [1.82, 2.24) is 10.2 Å². The Labute approximate surface area is 86.5 Å². The third-order valence-electron chi connectivity index (χ3n) is 1.83. The molecule has 0 radical (unpaired) electrons. The SMILES string of the molecule is Nc1ccc(-c2cc(Cl)cnn2)cc1. The Morgan fingerprint density at radius 1 is 1.14 bits per heavy atom. The van der Waals surface area contributed by atoms with Gasteiger partial charge in [0, 0.05) is 11.3 Å². The highest BCUT2D eigenvalue weighted by Crippen LogP contribution is 2.19. The third kappa shape index (κ3) is 1.83. The zero-order chi connectivity index (χ0) is 9.97. The molecule has 0 unspecified atom stereocenters. The van der Waals surface area contributed by atoms with Gasteiger partial charge in [-0.3, -0.25) is 0 Å². The van der Waals surface area contributed by atoms with Crippen LogP contribution in [0.2, 0.25) is 5.02 Å². The van der Waals surface area contributed by atoms with Gasteiger partial charge in [-0.1, -0.05) is 23.7 Å². The fraction of sp³-hybridized carbons (Fsp3) is 0. The van der Waals surface area contributed by atoms with Crippen molar-refractivity contribution < 1.29 is 0 Å². The smallest absolute Gasteiger partial charge is 0.0944 e. The van der Waals surface area contributed by atoms with E-state index >= 15 is 0 Å². The summed E-state index contributed by atoms with van der Waals surface area (Å²) in [5.41, 5.74) is 8.00. The molecule has 1 heterocycles. The first-order valence-electron chi connectivity index (χ1n) is 4.10. The van der Waals surface area contributed by atoms with Gasteiger partial charge in [0.25, 0.3) is 0 Å². The number of hydrogen-bond acceptors (Lipinski definition) is 3. The standard InChI is InChI=1S/C10H8ClN3/c11-8-5-10(14-13-6-8)7-1-3-9(12)4-2-7/h1-6H,12H2. The van der Waals surface area contributed by atoms with Gasteiger partial charge in [0.2, 0.25) is 0 Å². The number of aromatic nitrogens is 2. The van der Waals surface area contributed by atoms with E-state index in [2.05, 4.69) is 10.2 Å². The van der Waals surface area contributed by atoms with E-state index in [0.29, 0.717) is 5.02 Å². The lowest BCUT2D eigenvalue weighted by Gasteiger charge is -2.00. The topological polar surface area (TPSA) is 51.8 Å². The monoisotopic (exact) mass is 205 g/mol. The lowest BCUT2D eigenvalue weighted by Crippen LogP contribution is -1.88. The molecule has 0 bridgehead atoms. The quantitative estimate of drug-likeness (QED) is 0.728. The first-order valence-corrected chi connectivity index (χ1v) is 4.47. The summed E-state index contributed by atoms with van der Waals surface area (Å²) in [4.78, 5) is 0. The molecule has 0 saturated heterocycles. The fourth-order valence-corrected chi connectivity index (χ4v) is 1.28. The van der Waals surface area contributed by atoms with Gasteiger partial charge in [0.15, 0.2) is 0 Å². The molecule has 1 aromatic carbocycles. The lowest BCUT2D eigenvalue weighted by molar-refractivity contribution is 1.04. The Hall–Kier alpha value is -1.61. The maximum Gasteiger partial charge on any atom is 0.0944 e. The summed E-state index contributed by atoms with van der Waals surface area (Å²) >= 11 is 5.80. The van der Waals surface area contributed by atoms with Crippen LogP contribution in [0.1, 0.15) is 0 Å². The van der Waals surface area contributed by atoms with Crippen LogP contribution in [0.4, 0.5) is 5.69 Å². The van der Waals surface area contributed by atoms with Crippen LogP contribution < -0.4 is 5.73 Å². The number of anilines is 1. The first-order chi connectivity index (χ1) is 6.75. The minimum absolute atomic E-state index is 0.576. The summed E-state index contributed by atoms with van der Waals surface area (Å²) in [6.45, 7) is 0. The molecule has 0 atom stereocenters. The minimum atomic E-state index is 0.576. The number of hydrogen-bond donors (Lipinski definition) is 1. The van der Waals surface area contributed by atoms with Crippen LogP contribution in [-0.4, -0.2) is 10.2 Å². The highest BCUT2D eigenvalue weighted by molar-refractivity contribution is 6.30. The normalized spacial score (nSPS) is 10.1. The third-order valence-corrected chi connectivity index (χ3v) is 2.03. The molecule has 1 aromatic heterocycles. The largest absolute Gasteiger partial charge is 0.399 e. The molecule has 2 rings (SSSR count). The van der Waals surface area contributed by atoms with Crippen molar-refractivity contribution in [2.75, 3.05) is 5.73 Å². The van der Waals surface area contributed by atoms with E-state index < -0.39 is 0 Å². The zero-order valence-electron chi connectivity index (χ0n) is 7.31. The average molecular weight is 206 g/mol. The van der Waals surface area contributed by atoms with Crippen molar-refractivity contribution in [2.24, 2.45) is 0 Å². The van der Waals surface area contributed by atoms with E-state index in [0.717, 1.165) is 16.9 Å². The second-order valence-corrected chi connectivity index (χ2v) is 3.32. The van der Waals surface area contributed by atoms with Gasteiger partial charge in [0.05, 0.1) is 16.9 Å². The van der Waals surface area contributed by atoms with Gasteiger partial charge in [-0.15, -0.1) is 0 Å². The van der Waals surface area contributed by atoms with Crippen LogP contribution >= 0.6 is 11.6 Å². The number of halogens is 1. The van der Waals surface area contributed by atoms with Crippen molar-refractivity contribution in [3.63, 3.8) is 0 Å². The van der Waals surface area contributed by atoms with E-state index in [-0.39, 0.29) is 0 Å². The van der Waals surface area contributed by atoms with Crippen molar-refractivity contribution in [3.05, 3.63) is 41.6 Å². The van der Waals surface area contributed by atoms with Gasteiger partial charge in [-0.05, 0) is 18.2 Å². The number of nitrogens with zero attached hydrogens (tertiary/aromatic N) is 2. The zero-order valence-corrected chi connectivity index (χ0v) is 8.07. The van der Waals surface area contributed by atoms with Crippen molar-refractivity contribution in [2.45, 2.75) is 0 Å². The van der Waals surface area contributed by atoms with Crippen molar-refractivity contribution in [1.29, 1.82) is 0 Å². The molecular weight excluding hydrogens is 198 g/mol. The molecule has 2 aromatic rings. The van der Waals surface area contributed by atoms with Gasteiger partial charge >= 0.3 is 0 Å². The van der Waals surface area contributed by atoms with Gasteiger partial charge in [0.1, 0.15) is 0 Å². The van der Waals surface area contributed by atoms with Crippen molar-refractivity contribution >= 4 is 17.3 Å². The second kappa shape index (κ2) is 3.64. The predicted molar refractivity (Wildman–Crippen MR) is 56.9 cm³/mol. The van der Waals surface area contributed by atoms with Crippen LogP contribution in [0.5, 0.6) is 0 Å². The number of nitrogen functional groups attached to an aromatic ring is 1. The summed E-state index contributed by atoms with van der Waals surface area (Å²) in [6, 6.07) is 9.17. The summed E-state index contributed by atoms with van der Waals surface area (Å²) < 4.78 is 0. The van der Waals surface area contributed by atoms with E-state index in [1.165, 1.54) is 6.20 Å². The molecule has 14 heavy (non-hydrogen) atoms. The molecule has 3 nitrogen and oxygen atoms in total. The van der Waals surface area contributed by atoms with E-state index in [4.69, 9.17) is 17.3 Å². The Morgan fingerprint density at radius 2 is 1.86 bits per heavy atom. The summed E-state index contributed by atoms with van der Waals surface area (Å²) in [5, 5.41) is 8.31. The molecule has 0 saturated carbocycles. The van der Waals surface area contributed by atoms with E-state index in [9.17, 15) is 0 Å². The Morgan fingerprint density at radius 3 is 2.50 bits per heavy atom. The molecule has 0 fully saturated rings. The van der Waals surface area contributed by atoms with Gasteiger partial charge in [-0.2, -0.15) is 10.2 Å². The average Bonchev–Trinajstić information content (AvgIpc) is 2.19. The predicted octanol–water partition coefficient (Wildman–Crippen LogP) is 2.38. The molecule has 0 aliphatic carbocycles. The first kappa shape index (κ1) is 8.97. The summed E-state index contributed by atoms with van der Waals surface area (Å²) in [5.74, 6) is 0. The molecule has 0 aliphatic heterocycles. The molecule has 0 amide bonds. The number of rotatable bonds is 1. The van der Waals surface area contributed by atoms with Crippen LogP contribution in [-0.2, 0) is 0 Å².